The van der Waals surface area contributed by atoms with E-state index in [4.69, 9.17) is 0 Å². The molecule has 0 fully saturated rings. The van der Waals surface area contributed by atoms with E-state index in [1.54, 1.807) is 5.04 Å². The van der Waals surface area contributed by atoms with Gasteiger partial charge in [-0.1, -0.05) is 27.7 Å². The van der Waals surface area contributed by atoms with Crippen molar-refractivity contribution in [2.75, 3.05) is 26.2 Å². The smallest absolute Gasteiger partial charge is 0.0807 e. The average molecular weight is 344 g/mol. The zero-order valence-corrected chi connectivity index (χ0v) is 17.1. The minimum absolute atomic E-state index is 0.380. The lowest BCUT2D eigenvalue weighted by atomic mass is 10.4. The van der Waals surface area contributed by atoms with Crippen LogP contribution in [0.1, 0.15) is 59.1 Å². The van der Waals surface area contributed by atoms with Gasteiger partial charge in [0.05, 0.1) is 19.0 Å². The van der Waals surface area contributed by atoms with Crippen LogP contribution < -0.4 is 5.04 Å². The third-order valence-electron chi connectivity index (χ3n) is 3.51. The molecule has 0 aromatic carbocycles. The van der Waals surface area contributed by atoms with Crippen LogP contribution in [0.25, 0.3) is 0 Å². The van der Waals surface area contributed by atoms with E-state index in [0.717, 1.165) is 0 Å². The fraction of sp³-hybridized carbons (Fsp3) is 0.875. The largest absolute Gasteiger partial charge is 0.266 e. The summed E-state index contributed by atoms with van der Waals surface area (Å²) in [7, 11) is 2.98. The van der Waals surface area contributed by atoms with Crippen molar-refractivity contribution in [3.63, 3.8) is 0 Å². The Morgan fingerprint density at radius 3 is 1.59 bits per heavy atom. The van der Waals surface area contributed by atoms with Crippen molar-refractivity contribution < 1.29 is 0 Å². The summed E-state index contributed by atoms with van der Waals surface area (Å²) in [5.41, 5.74) is 1.24. The highest BCUT2D eigenvalue weighted by atomic mass is 31.2. The molecule has 0 N–H and O–H groups in total. The second-order valence-corrected chi connectivity index (χ2v) is 9.53. The van der Waals surface area contributed by atoms with Crippen molar-refractivity contribution in [3.05, 3.63) is 5.69 Å². The van der Waals surface area contributed by atoms with Gasteiger partial charge in [-0.3, -0.25) is 9.34 Å². The van der Waals surface area contributed by atoms with Gasteiger partial charge in [-0.05, 0) is 32.6 Å². The summed E-state index contributed by atoms with van der Waals surface area (Å²) in [6.45, 7) is 16.1. The molecule has 1 rings (SSSR count). The molecule has 6 heteroatoms. The predicted octanol–water partition coefficient (Wildman–Crippen LogP) is 4.49. The van der Waals surface area contributed by atoms with Crippen molar-refractivity contribution in [2.45, 2.75) is 60.3 Å². The number of nitrogens with zero attached hydrogens (tertiary/aromatic N) is 4. The van der Waals surface area contributed by atoms with Gasteiger partial charge in [-0.25, -0.2) is 4.44 Å². The predicted molar refractivity (Wildman–Crippen MR) is 101 cm³/mol. The zero-order valence-electron chi connectivity index (χ0n) is 15.3. The Morgan fingerprint density at radius 1 is 0.909 bits per heavy atom. The Hall–Kier alpha value is -0.01000. The fourth-order valence-electron chi connectivity index (χ4n) is 2.76. The second-order valence-electron chi connectivity index (χ2n) is 5.80. The molecule has 1 aromatic rings. The van der Waals surface area contributed by atoms with Crippen LogP contribution in [0.5, 0.6) is 0 Å². The lowest BCUT2D eigenvalue weighted by Crippen LogP contribution is -2.35. The van der Waals surface area contributed by atoms with E-state index in [1.807, 2.05) is 0 Å². The molecule has 0 bridgehead atoms. The molecule has 0 saturated carbocycles. The lowest BCUT2D eigenvalue weighted by Gasteiger charge is -2.38. The molecule has 0 saturated heterocycles. The molecule has 0 aliphatic heterocycles. The first-order valence-corrected chi connectivity index (χ1v) is 10.9. The molecule has 22 heavy (non-hydrogen) atoms. The quantitative estimate of drug-likeness (QED) is 0.553. The van der Waals surface area contributed by atoms with Gasteiger partial charge >= 0.3 is 0 Å². The molecule has 0 unspecified atom stereocenters. The van der Waals surface area contributed by atoms with Gasteiger partial charge in [0.25, 0.3) is 0 Å². The number of hydrogen-bond acceptors (Lipinski definition) is 3. The number of hydrogen-bond donors (Lipinski definition) is 0. The SMILES string of the molecule is CCCN(CCC)P(c1pn(C)nc1C)N(CCC)CCC. The maximum absolute atomic E-state index is 4.66. The van der Waals surface area contributed by atoms with E-state index < -0.39 is 0 Å². The van der Waals surface area contributed by atoms with Crippen LogP contribution in [0.4, 0.5) is 0 Å². The molecule has 4 nitrogen and oxygen atoms in total. The Morgan fingerprint density at radius 2 is 1.32 bits per heavy atom. The van der Waals surface area contributed by atoms with Crippen LogP contribution in [0.2, 0.25) is 0 Å². The molecule has 0 aliphatic rings. The van der Waals surface area contributed by atoms with Gasteiger partial charge in [0.15, 0.2) is 0 Å². The van der Waals surface area contributed by atoms with E-state index in [1.165, 1.54) is 65.9 Å². The van der Waals surface area contributed by atoms with E-state index in [9.17, 15) is 0 Å². The molecular weight excluding hydrogens is 310 g/mol. The van der Waals surface area contributed by atoms with Crippen LogP contribution in [0.15, 0.2) is 0 Å². The van der Waals surface area contributed by atoms with Gasteiger partial charge < -0.3 is 0 Å². The first kappa shape index (κ1) is 20.0. The third-order valence-corrected chi connectivity index (χ3v) is 7.78. The van der Waals surface area contributed by atoms with Crippen molar-refractivity contribution in [3.8, 4) is 0 Å². The van der Waals surface area contributed by atoms with Crippen molar-refractivity contribution in [2.24, 2.45) is 7.05 Å². The fourth-order valence-corrected chi connectivity index (χ4v) is 7.66. The number of rotatable bonds is 11. The highest BCUT2D eigenvalue weighted by Gasteiger charge is 2.29. The minimum Gasteiger partial charge on any atom is -0.266 e. The summed E-state index contributed by atoms with van der Waals surface area (Å²) in [6.07, 6.45) is 4.89. The van der Waals surface area contributed by atoms with Crippen molar-refractivity contribution in [1.82, 2.24) is 18.9 Å². The molecule has 1 aromatic heterocycles. The van der Waals surface area contributed by atoms with E-state index in [-0.39, 0.29) is 8.22 Å². The Kier molecular flexibility index (Phi) is 9.75. The first-order chi connectivity index (χ1) is 10.6. The highest BCUT2D eigenvalue weighted by Crippen LogP contribution is 2.46. The van der Waals surface area contributed by atoms with Crippen LogP contribution in [0.3, 0.4) is 0 Å². The summed E-state index contributed by atoms with van der Waals surface area (Å²) >= 11 is 0. The van der Waals surface area contributed by atoms with Gasteiger partial charge in [0.1, 0.15) is 0 Å². The highest BCUT2D eigenvalue weighted by molar-refractivity contribution is 7.70. The Labute approximate surface area is 140 Å². The molecule has 0 amide bonds. The minimum atomic E-state index is -0.380. The lowest BCUT2D eigenvalue weighted by molar-refractivity contribution is 0.384. The molecular formula is C16H34N4P2. The van der Waals surface area contributed by atoms with E-state index >= 15 is 0 Å². The summed E-state index contributed by atoms with van der Waals surface area (Å²) in [5, 5.41) is 6.20. The van der Waals surface area contributed by atoms with Crippen molar-refractivity contribution in [1.29, 1.82) is 0 Å². The van der Waals surface area contributed by atoms with Crippen LogP contribution >= 0.6 is 16.6 Å². The number of aryl methyl sites for hydroxylation is 2. The monoisotopic (exact) mass is 344 g/mol. The molecule has 0 atom stereocenters. The van der Waals surface area contributed by atoms with E-state index in [2.05, 4.69) is 60.6 Å². The molecule has 128 valence electrons. The Balaban J connectivity index is 3.18. The molecule has 0 spiro atoms. The summed E-state index contributed by atoms with van der Waals surface area (Å²) < 4.78 is 7.55. The van der Waals surface area contributed by atoms with Crippen LogP contribution in [-0.4, -0.2) is 45.1 Å². The standard InChI is InChI=1S/C16H34N4P2/c1-7-11-19(12-8-2)22(20(13-9-3)14-10-4)16-15(5)17-18(6)21-16/h7-14H2,1-6H3. The van der Waals surface area contributed by atoms with Gasteiger partial charge in [-0.15, -0.1) is 0 Å². The number of aromatic nitrogens is 2. The van der Waals surface area contributed by atoms with Gasteiger partial charge in [-0.2, -0.15) is 5.10 Å². The third kappa shape index (κ3) is 5.57. The summed E-state index contributed by atoms with van der Waals surface area (Å²) in [4.78, 5) is 0. The first-order valence-electron chi connectivity index (χ1n) is 8.76. The summed E-state index contributed by atoms with van der Waals surface area (Å²) in [6, 6.07) is 0. The molecule has 1 heterocycles. The summed E-state index contributed by atoms with van der Waals surface area (Å²) in [5.74, 6) is 0. The topological polar surface area (TPSA) is 24.3 Å². The normalized spacial score (nSPS) is 12.4. The van der Waals surface area contributed by atoms with Crippen molar-refractivity contribution >= 4 is 21.6 Å². The van der Waals surface area contributed by atoms with Gasteiger partial charge in [0.2, 0.25) is 0 Å². The maximum Gasteiger partial charge on any atom is 0.0807 e. The maximum atomic E-state index is 4.66. The van der Waals surface area contributed by atoms with Crippen LogP contribution in [-0.2, 0) is 7.05 Å². The zero-order chi connectivity index (χ0) is 16.5. The van der Waals surface area contributed by atoms with Gasteiger partial charge in [0, 0.05) is 41.6 Å². The Bertz CT molecular complexity index is 394. The van der Waals surface area contributed by atoms with Crippen LogP contribution in [0, 0.1) is 6.92 Å². The van der Waals surface area contributed by atoms with E-state index in [0.29, 0.717) is 0 Å². The second kappa shape index (κ2) is 10.7. The average Bonchev–Trinajstić information content (AvgIpc) is 2.79. The molecule has 0 aliphatic carbocycles. The molecule has 0 radical (unpaired) electrons.